The topological polar surface area (TPSA) is 37.3 Å². The molecule has 0 radical (unpaired) electrons. The largest absolute Gasteiger partial charge is 0.476 e. The number of hydrogen-bond donors (Lipinski definition) is 1. The molecule has 1 unspecified atom stereocenters. The highest BCUT2D eigenvalue weighted by Crippen LogP contribution is 2.32. The van der Waals surface area contributed by atoms with E-state index in [1.54, 1.807) is 0 Å². The summed E-state index contributed by atoms with van der Waals surface area (Å²) < 4.78 is 13.0. The van der Waals surface area contributed by atoms with E-state index in [4.69, 9.17) is 5.11 Å². The third-order valence-corrected chi connectivity index (χ3v) is 2.70. The van der Waals surface area contributed by atoms with Crippen molar-refractivity contribution in [3.8, 4) is 0 Å². The molecule has 0 bridgehead atoms. The standard InChI is InChI=1S/C10H15FO2/c1-2-7-4-3-5-8(6-7)9(11)10(12)13/h7H,2-6H2,1H3,(H,12,13). The molecule has 0 aliphatic heterocycles. The van der Waals surface area contributed by atoms with Gasteiger partial charge in [0.05, 0.1) is 0 Å². The summed E-state index contributed by atoms with van der Waals surface area (Å²) in [6, 6.07) is 0. The zero-order valence-corrected chi connectivity index (χ0v) is 7.85. The predicted octanol–water partition coefficient (Wildman–Crippen LogP) is 2.89. The lowest BCUT2D eigenvalue weighted by Gasteiger charge is -2.22. The lowest BCUT2D eigenvalue weighted by atomic mass is 9.83. The van der Waals surface area contributed by atoms with Gasteiger partial charge in [-0.1, -0.05) is 13.3 Å². The lowest BCUT2D eigenvalue weighted by molar-refractivity contribution is -0.134. The van der Waals surface area contributed by atoms with Gasteiger partial charge in [0.1, 0.15) is 0 Å². The molecule has 1 fully saturated rings. The van der Waals surface area contributed by atoms with Gasteiger partial charge in [-0.2, -0.15) is 4.39 Å². The number of aliphatic carboxylic acids is 1. The fourth-order valence-electron chi connectivity index (χ4n) is 1.86. The van der Waals surface area contributed by atoms with Gasteiger partial charge < -0.3 is 5.11 Å². The number of allylic oxidation sites excluding steroid dienone is 1. The Morgan fingerprint density at radius 1 is 1.69 bits per heavy atom. The second-order valence-corrected chi connectivity index (χ2v) is 3.59. The quantitative estimate of drug-likeness (QED) is 0.673. The first-order chi connectivity index (χ1) is 6.15. The van der Waals surface area contributed by atoms with Crippen molar-refractivity contribution in [1.29, 1.82) is 0 Å². The van der Waals surface area contributed by atoms with Gasteiger partial charge in [-0.3, -0.25) is 0 Å². The van der Waals surface area contributed by atoms with Gasteiger partial charge in [-0.05, 0) is 37.2 Å². The average molecular weight is 186 g/mol. The fourth-order valence-corrected chi connectivity index (χ4v) is 1.86. The Balaban J connectivity index is 2.70. The van der Waals surface area contributed by atoms with Crippen LogP contribution in [0.25, 0.3) is 0 Å². The molecule has 1 aliphatic rings. The molecule has 74 valence electrons. The van der Waals surface area contributed by atoms with Crippen LogP contribution in [-0.4, -0.2) is 11.1 Å². The van der Waals surface area contributed by atoms with E-state index in [9.17, 15) is 9.18 Å². The molecule has 1 N–H and O–H groups in total. The summed E-state index contributed by atoms with van der Waals surface area (Å²) in [5.74, 6) is -1.85. The molecule has 1 aliphatic carbocycles. The zero-order valence-electron chi connectivity index (χ0n) is 7.85. The van der Waals surface area contributed by atoms with Gasteiger partial charge in [-0.15, -0.1) is 0 Å². The van der Waals surface area contributed by atoms with Crippen molar-refractivity contribution in [3.05, 3.63) is 11.4 Å². The molecule has 1 rings (SSSR count). The fraction of sp³-hybridized carbons (Fsp3) is 0.700. The number of rotatable bonds is 2. The summed E-state index contributed by atoms with van der Waals surface area (Å²) in [6.45, 7) is 2.06. The average Bonchev–Trinajstić information content (AvgIpc) is 2.16. The third-order valence-electron chi connectivity index (χ3n) is 2.70. The van der Waals surface area contributed by atoms with E-state index in [2.05, 4.69) is 6.92 Å². The van der Waals surface area contributed by atoms with Crippen molar-refractivity contribution in [2.45, 2.75) is 39.0 Å². The van der Waals surface area contributed by atoms with Crippen molar-refractivity contribution in [2.24, 2.45) is 5.92 Å². The molecule has 1 atom stereocenters. The molecule has 0 aromatic rings. The predicted molar refractivity (Wildman–Crippen MR) is 48.0 cm³/mol. The maximum atomic E-state index is 13.0. The molecule has 3 heteroatoms. The van der Waals surface area contributed by atoms with Gasteiger partial charge >= 0.3 is 5.97 Å². The SMILES string of the molecule is CCC1CCCC(=C(F)C(=O)O)C1. The molecule has 0 spiro atoms. The van der Waals surface area contributed by atoms with E-state index in [-0.39, 0.29) is 0 Å². The molecule has 0 amide bonds. The lowest BCUT2D eigenvalue weighted by Crippen LogP contribution is -2.11. The number of hydrogen-bond acceptors (Lipinski definition) is 1. The van der Waals surface area contributed by atoms with Gasteiger partial charge in [0.2, 0.25) is 5.83 Å². The maximum absolute atomic E-state index is 13.0. The summed E-state index contributed by atoms with van der Waals surface area (Å²) >= 11 is 0. The van der Waals surface area contributed by atoms with E-state index in [1.165, 1.54) is 0 Å². The van der Waals surface area contributed by atoms with Crippen molar-refractivity contribution in [1.82, 2.24) is 0 Å². The summed E-state index contributed by atoms with van der Waals surface area (Å²) in [5, 5.41) is 8.46. The van der Waals surface area contributed by atoms with Crippen LogP contribution in [-0.2, 0) is 4.79 Å². The minimum Gasteiger partial charge on any atom is -0.476 e. The molecular weight excluding hydrogens is 171 g/mol. The molecule has 0 aromatic carbocycles. The van der Waals surface area contributed by atoms with Crippen LogP contribution < -0.4 is 0 Å². The molecular formula is C10H15FO2. The third kappa shape index (κ3) is 2.54. The van der Waals surface area contributed by atoms with Crippen LogP contribution in [0, 0.1) is 5.92 Å². The highest BCUT2D eigenvalue weighted by Gasteiger charge is 2.21. The van der Waals surface area contributed by atoms with E-state index in [1.807, 2.05) is 0 Å². The first kappa shape index (κ1) is 10.2. The molecule has 0 aromatic heterocycles. The van der Waals surface area contributed by atoms with Gasteiger partial charge in [0.15, 0.2) is 0 Å². The Kier molecular flexibility index (Phi) is 3.46. The van der Waals surface area contributed by atoms with Gasteiger partial charge in [0.25, 0.3) is 0 Å². The van der Waals surface area contributed by atoms with Crippen molar-refractivity contribution in [3.63, 3.8) is 0 Å². The molecule has 2 nitrogen and oxygen atoms in total. The Morgan fingerprint density at radius 2 is 2.38 bits per heavy atom. The second-order valence-electron chi connectivity index (χ2n) is 3.59. The van der Waals surface area contributed by atoms with E-state index < -0.39 is 11.8 Å². The molecule has 1 saturated carbocycles. The number of carboxylic acid groups (broad SMARTS) is 1. The monoisotopic (exact) mass is 186 g/mol. The van der Waals surface area contributed by atoms with Gasteiger partial charge in [-0.25, -0.2) is 4.79 Å². The minimum absolute atomic E-state index is 0.480. The number of carbonyl (C=O) groups is 1. The highest BCUT2D eigenvalue weighted by molar-refractivity contribution is 5.84. The Hall–Kier alpha value is -0.860. The van der Waals surface area contributed by atoms with Crippen LogP contribution in [0.15, 0.2) is 11.4 Å². The Morgan fingerprint density at radius 3 is 2.92 bits per heavy atom. The summed E-state index contributed by atoms with van der Waals surface area (Å²) in [4.78, 5) is 10.4. The first-order valence-electron chi connectivity index (χ1n) is 4.76. The van der Waals surface area contributed by atoms with E-state index >= 15 is 0 Å². The molecule has 13 heavy (non-hydrogen) atoms. The summed E-state index contributed by atoms with van der Waals surface area (Å²) in [5.41, 5.74) is 0.505. The molecule has 0 saturated heterocycles. The first-order valence-corrected chi connectivity index (χ1v) is 4.76. The second kappa shape index (κ2) is 4.40. The number of carboxylic acids is 1. The van der Waals surface area contributed by atoms with Crippen molar-refractivity contribution >= 4 is 5.97 Å². The zero-order chi connectivity index (χ0) is 9.84. The van der Waals surface area contributed by atoms with Crippen molar-refractivity contribution < 1.29 is 14.3 Å². The summed E-state index contributed by atoms with van der Waals surface area (Å²) in [7, 11) is 0. The Labute approximate surface area is 77.4 Å². The van der Waals surface area contributed by atoms with Crippen LogP contribution in [0.1, 0.15) is 39.0 Å². The van der Waals surface area contributed by atoms with Crippen LogP contribution in [0.2, 0.25) is 0 Å². The maximum Gasteiger partial charge on any atom is 0.364 e. The van der Waals surface area contributed by atoms with Crippen LogP contribution in [0.5, 0.6) is 0 Å². The highest BCUT2D eigenvalue weighted by atomic mass is 19.1. The Bertz CT molecular complexity index is 233. The van der Waals surface area contributed by atoms with Crippen molar-refractivity contribution in [2.75, 3.05) is 0 Å². The van der Waals surface area contributed by atoms with E-state index in [0.717, 1.165) is 19.3 Å². The van der Waals surface area contributed by atoms with E-state index in [0.29, 0.717) is 24.3 Å². The van der Waals surface area contributed by atoms with Crippen LogP contribution in [0.4, 0.5) is 4.39 Å². The normalized spacial score (nSPS) is 27.1. The smallest absolute Gasteiger partial charge is 0.364 e. The van der Waals surface area contributed by atoms with Crippen LogP contribution >= 0.6 is 0 Å². The summed E-state index contributed by atoms with van der Waals surface area (Å²) in [6.07, 6.45) is 4.29. The molecule has 0 heterocycles. The minimum atomic E-state index is -1.41. The van der Waals surface area contributed by atoms with Crippen LogP contribution in [0.3, 0.4) is 0 Å². The van der Waals surface area contributed by atoms with Gasteiger partial charge in [0, 0.05) is 0 Å². The number of halogens is 1.